The molecule has 0 radical (unpaired) electrons. The maximum absolute atomic E-state index is 12.6. The fourth-order valence-electron chi connectivity index (χ4n) is 3.34. The van der Waals surface area contributed by atoms with Crippen LogP contribution in [0.4, 0.5) is 13.2 Å². The van der Waals surface area contributed by atoms with Crippen LogP contribution in [0.25, 0.3) is 0 Å². The molecule has 0 spiro atoms. The van der Waals surface area contributed by atoms with Crippen molar-refractivity contribution in [1.29, 1.82) is 0 Å². The summed E-state index contributed by atoms with van der Waals surface area (Å²) in [5.41, 5.74) is 0.246. The van der Waals surface area contributed by atoms with E-state index in [-0.39, 0.29) is 6.10 Å². The van der Waals surface area contributed by atoms with Crippen LogP contribution in [0.1, 0.15) is 88.7 Å². The Morgan fingerprint density at radius 3 is 1.89 bits per heavy atom. The van der Waals surface area contributed by atoms with Crippen LogP contribution in [0, 0.1) is 0 Å². The van der Waals surface area contributed by atoms with Gasteiger partial charge in [0.15, 0.2) is 0 Å². The number of hydrogen-bond donors (Lipinski definition) is 2. The molecule has 2 N–H and O–H groups in total. The summed E-state index contributed by atoms with van der Waals surface area (Å²) in [5.74, 6) is 0. The van der Waals surface area contributed by atoms with Gasteiger partial charge in [0, 0.05) is 0 Å². The van der Waals surface area contributed by atoms with Crippen molar-refractivity contribution in [2.24, 2.45) is 0 Å². The molecule has 1 aromatic carbocycles. The van der Waals surface area contributed by atoms with Crippen LogP contribution in [0.5, 0.6) is 0 Å². The number of rotatable bonds is 15. The second-order valence-corrected chi connectivity index (χ2v) is 7.43. The van der Waals surface area contributed by atoms with Gasteiger partial charge in [-0.1, -0.05) is 70.4 Å². The Morgan fingerprint density at radius 2 is 1.36 bits per heavy atom. The molecule has 1 aromatic rings. The minimum absolute atomic E-state index is 0.191. The lowest BCUT2D eigenvalue weighted by Gasteiger charge is -2.19. The first-order valence-electron chi connectivity index (χ1n) is 10.5. The molecular formula is C22H35F3O3. The zero-order chi connectivity index (χ0) is 20.8. The van der Waals surface area contributed by atoms with Crippen LogP contribution in [0.15, 0.2) is 24.3 Å². The molecule has 0 aromatic heterocycles. The van der Waals surface area contributed by atoms with E-state index in [0.717, 1.165) is 49.8 Å². The number of unbranched alkanes of at least 4 members (excludes halogenated alkanes) is 7. The molecule has 162 valence electrons. The Bertz CT molecular complexity index is 501. The fraction of sp³-hybridized carbons (Fsp3) is 0.727. The molecule has 1 unspecified atom stereocenters. The van der Waals surface area contributed by atoms with Gasteiger partial charge in [0.25, 0.3) is 6.48 Å². The van der Waals surface area contributed by atoms with Crippen LogP contribution in [-0.2, 0) is 17.3 Å². The third-order valence-electron chi connectivity index (χ3n) is 4.97. The molecule has 0 fully saturated rings. The van der Waals surface area contributed by atoms with Gasteiger partial charge in [-0.25, -0.2) is 0 Å². The van der Waals surface area contributed by atoms with Crippen molar-refractivity contribution in [3.8, 4) is 0 Å². The van der Waals surface area contributed by atoms with Gasteiger partial charge in [0.2, 0.25) is 0 Å². The van der Waals surface area contributed by atoms with E-state index in [2.05, 4.69) is 6.92 Å². The highest BCUT2D eigenvalue weighted by Gasteiger charge is 2.29. The average Bonchev–Trinajstić information content (AvgIpc) is 2.63. The first-order chi connectivity index (χ1) is 13.3. The number of benzene rings is 1. The van der Waals surface area contributed by atoms with Gasteiger partial charge in [0.05, 0.1) is 11.7 Å². The van der Waals surface area contributed by atoms with Crippen LogP contribution in [-0.4, -0.2) is 22.8 Å². The van der Waals surface area contributed by atoms with Crippen LogP contribution < -0.4 is 0 Å². The van der Waals surface area contributed by atoms with E-state index in [1.165, 1.54) is 44.2 Å². The minimum Gasteiger partial charge on any atom is -0.346 e. The van der Waals surface area contributed by atoms with E-state index in [9.17, 15) is 13.2 Å². The third-order valence-corrected chi connectivity index (χ3v) is 4.97. The van der Waals surface area contributed by atoms with Crippen molar-refractivity contribution < 1.29 is 28.1 Å². The first kappa shape index (κ1) is 24.9. The summed E-state index contributed by atoms with van der Waals surface area (Å²) in [6.45, 7) is 0.434. The highest BCUT2D eigenvalue weighted by atomic mass is 19.4. The van der Waals surface area contributed by atoms with Crippen molar-refractivity contribution in [3.63, 3.8) is 0 Å². The number of halogens is 3. The van der Waals surface area contributed by atoms with Gasteiger partial charge in [-0.05, 0) is 43.4 Å². The monoisotopic (exact) mass is 404 g/mol. The molecule has 0 saturated heterocycles. The lowest BCUT2D eigenvalue weighted by molar-refractivity contribution is -0.257. The van der Waals surface area contributed by atoms with Gasteiger partial charge in [-0.2, -0.15) is 13.2 Å². The normalized spacial score (nSPS) is 13.2. The molecule has 0 aliphatic heterocycles. The third kappa shape index (κ3) is 11.7. The van der Waals surface area contributed by atoms with Crippen molar-refractivity contribution in [1.82, 2.24) is 0 Å². The van der Waals surface area contributed by atoms with Crippen molar-refractivity contribution in [3.05, 3.63) is 35.4 Å². The summed E-state index contributed by atoms with van der Waals surface area (Å²) in [4.78, 5) is 0. The second-order valence-electron chi connectivity index (χ2n) is 7.43. The SMILES string of the molecule is CCCCCCCCCC(CCCCc1ccc(C(F)(F)F)cc1)OC(O)O. The molecule has 0 heterocycles. The number of hydrogen-bond acceptors (Lipinski definition) is 3. The Kier molecular flexibility index (Phi) is 12.4. The lowest BCUT2D eigenvalue weighted by atomic mass is 10.0. The second kappa shape index (κ2) is 14.0. The van der Waals surface area contributed by atoms with Gasteiger partial charge < -0.3 is 14.9 Å². The van der Waals surface area contributed by atoms with E-state index in [4.69, 9.17) is 14.9 Å². The summed E-state index contributed by atoms with van der Waals surface area (Å²) in [5, 5.41) is 18.2. The average molecular weight is 405 g/mol. The Morgan fingerprint density at radius 1 is 0.821 bits per heavy atom. The number of alkyl halides is 3. The number of ether oxygens (including phenoxy) is 1. The molecule has 3 nitrogen and oxygen atoms in total. The molecule has 1 atom stereocenters. The van der Waals surface area contributed by atoms with E-state index < -0.39 is 18.2 Å². The Balaban J connectivity index is 2.25. The largest absolute Gasteiger partial charge is 0.416 e. The predicted molar refractivity (Wildman–Crippen MR) is 105 cm³/mol. The number of aliphatic hydroxyl groups is 2. The smallest absolute Gasteiger partial charge is 0.346 e. The Labute approximate surface area is 166 Å². The molecule has 28 heavy (non-hydrogen) atoms. The summed E-state index contributed by atoms with van der Waals surface area (Å²) in [6, 6.07) is 5.27. The quantitative estimate of drug-likeness (QED) is 0.270. The van der Waals surface area contributed by atoms with Crippen molar-refractivity contribution >= 4 is 0 Å². The van der Waals surface area contributed by atoms with Gasteiger partial charge in [-0.3, -0.25) is 0 Å². The van der Waals surface area contributed by atoms with Gasteiger partial charge in [0.1, 0.15) is 0 Å². The van der Waals surface area contributed by atoms with Crippen LogP contribution >= 0.6 is 0 Å². The van der Waals surface area contributed by atoms with E-state index in [1.54, 1.807) is 0 Å². The van der Waals surface area contributed by atoms with E-state index in [1.807, 2.05) is 0 Å². The molecule has 0 bridgehead atoms. The molecule has 0 amide bonds. The maximum Gasteiger partial charge on any atom is 0.416 e. The highest BCUT2D eigenvalue weighted by molar-refractivity contribution is 5.24. The molecular weight excluding hydrogens is 369 g/mol. The van der Waals surface area contributed by atoms with Crippen LogP contribution in [0.2, 0.25) is 0 Å². The number of aliphatic hydroxyl groups excluding tert-OH is 1. The van der Waals surface area contributed by atoms with E-state index >= 15 is 0 Å². The summed E-state index contributed by atoms with van der Waals surface area (Å²) < 4.78 is 42.9. The van der Waals surface area contributed by atoms with Crippen molar-refractivity contribution in [2.45, 2.75) is 103 Å². The predicted octanol–water partition coefficient (Wildman–Crippen LogP) is 6.21. The summed E-state index contributed by atoms with van der Waals surface area (Å²) in [7, 11) is 0. The van der Waals surface area contributed by atoms with E-state index in [0.29, 0.717) is 12.8 Å². The lowest BCUT2D eigenvalue weighted by Crippen LogP contribution is -2.21. The first-order valence-corrected chi connectivity index (χ1v) is 10.5. The van der Waals surface area contributed by atoms with Gasteiger partial charge >= 0.3 is 6.18 Å². The van der Waals surface area contributed by atoms with Gasteiger partial charge in [-0.15, -0.1) is 0 Å². The zero-order valence-corrected chi connectivity index (χ0v) is 16.9. The molecule has 0 saturated carbocycles. The summed E-state index contributed by atoms with van der Waals surface area (Å²) >= 11 is 0. The number of aryl methyl sites for hydroxylation is 1. The van der Waals surface area contributed by atoms with Crippen molar-refractivity contribution in [2.75, 3.05) is 0 Å². The minimum atomic E-state index is -4.30. The topological polar surface area (TPSA) is 49.7 Å². The molecule has 0 aliphatic carbocycles. The fourth-order valence-corrected chi connectivity index (χ4v) is 3.34. The molecule has 1 rings (SSSR count). The highest BCUT2D eigenvalue weighted by Crippen LogP contribution is 2.29. The summed E-state index contributed by atoms with van der Waals surface area (Å²) in [6.07, 6.45) is 7.72. The van der Waals surface area contributed by atoms with Crippen LogP contribution in [0.3, 0.4) is 0 Å². The Hall–Kier alpha value is -1.11. The molecule has 0 aliphatic rings. The molecule has 6 heteroatoms. The zero-order valence-electron chi connectivity index (χ0n) is 16.9. The standard InChI is InChI=1S/C22H35F3O3/c1-2-3-4-5-6-7-8-12-20(28-21(26)27)13-10-9-11-18-14-16-19(17-15-18)22(23,24)25/h14-17,20-21,26-27H,2-13H2,1H3. The maximum atomic E-state index is 12.6.